The zero-order valence-electron chi connectivity index (χ0n) is 15.1. The summed E-state index contributed by atoms with van der Waals surface area (Å²) in [6.07, 6.45) is 0.461. The second-order valence-corrected chi connectivity index (χ2v) is 8.94. The summed E-state index contributed by atoms with van der Waals surface area (Å²) in [5.41, 5.74) is 5.41. The van der Waals surface area contributed by atoms with E-state index in [-0.39, 0.29) is 40.8 Å². The lowest BCUT2D eigenvalue weighted by Crippen LogP contribution is -2.42. The minimum absolute atomic E-state index is 0.0111. The van der Waals surface area contributed by atoms with E-state index in [4.69, 9.17) is 0 Å². The molecule has 2 aromatic rings. The van der Waals surface area contributed by atoms with E-state index in [2.05, 4.69) is 10.9 Å². The van der Waals surface area contributed by atoms with Crippen LogP contribution in [0.25, 0.3) is 0 Å². The Morgan fingerprint density at radius 2 is 1.54 bits per heavy atom. The van der Waals surface area contributed by atoms with Crippen LogP contribution in [-0.4, -0.2) is 37.5 Å². The fourth-order valence-electron chi connectivity index (χ4n) is 3.16. The number of ketones is 1. The van der Waals surface area contributed by atoms with Gasteiger partial charge in [0.15, 0.2) is 15.6 Å². The van der Waals surface area contributed by atoms with Crippen molar-refractivity contribution in [2.24, 2.45) is 5.92 Å². The van der Waals surface area contributed by atoms with Crippen molar-refractivity contribution in [2.75, 3.05) is 11.5 Å². The lowest BCUT2D eigenvalue weighted by molar-refractivity contribution is -0.122. The van der Waals surface area contributed by atoms with E-state index in [0.29, 0.717) is 12.0 Å². The molecule has 1 aliphatic heterocycles. The van der Waals surface area contributed by atoms with Gasteiger partial charge in [0, 0.05) is 17.5 Å². The molecule has 0 aliphatic carbocycles. The van der Waals surface area contributed by atoms with Gasteiger partial charge in [-0.2, -0.15) is 0 Å². The third-order valence-corrected chi connectivity index (χ3v) is 6.41. The van der Waals surface area contributed by atoms with Crippen molar-refractivity contribution in [1.82, 2.24) is 10.9 Å². The maximum atomic E-state index is 12.7. The molecule has 0 bridgehead atoms. The van der Waals surface area contributed by atoms with E-state index in [1.54, 1.807) is 48.5 Å². The summed E-state index contributed by atoms with van der Waals surface area (Å²) in [6, 6.07) is 14.9. The van der Waals surface area contributed by atoms with E-state index in [0.717, 1.165) is 0 Å². The van der Waals surface area contributed by atoms with Gasteiger partial charge in [0.05, 0.1) is 17.1 Å². The predicted octanol–water partition coefficient (Wildman–Crippen LogP) is 1.50. The van der Waals surface area contributed by atoms with Crippen molar-refractivity contribution >= 4 is 27.4 Å². The molecule has 7 nitrogen and oxygen atoms in total. The molecule has 2 aromatic carbocycles. The van der Waals surface area contributed by atoms with Crippen LogP contribution in [0, 0.1) is 5.92 Å². The molecule has 28 heavy (non-hydrogen) atoms. The third-order valence-electron chi connectivity index (χ3n) is 4.57. The summed E-state index contributed by atoms with van der Waals surface area (Å²) in [6.45, 7) is 0. The molecular formula is C20H20N2O5S. The van der Waals surface area contributed by atoms with Crippen molar-refractivity contribution in [3.8, 4) is 0 Å². The standard InChI is InChI=1S/C20H20N2O5S/c23-18(12-14-10-11-28(26,27)13-14)21-22-20(25)17-9-5-4-8-16(17)19(24)15-6-2-1-3-7-15/h1-9,14H,10-13H2,(H,21,23)(H,22,25)/t14-/m1/s1. The number of sulfone groups is 1. The predicted molar refractivity (Wildman–Crippen MR) is 103 cm³/mol. The third kappa shape index (κ3) is 4.83. The van der Waals surface area contributed by atoms with Crippen molar-refractivity contribution in [3.05, 3.63) is 71.3 Å². The smallest absolute Gasteiger partial charge is 0.270 e. The van der Waals surface area contributed by atoms with Crippen LogP contribution in [0.3, 0.4) is 0 Å². The average Bonchev–Trinajstić information content (AvgIpc) is 3.04. The van der Waals surface area contributed by atoms with Gasteiger partial charge in [-0.15, -0.1) is 0 Å². The van der Waals surface area contributed by atoms with Gasteiger partial charge in [-0.3, -0.25) is 25.2 Å². The first-order chi connectivity index (χ1) is 13.4. The summed E-state index contributed by atoms with van der Waals surface area (Å²) < 4.78 is 22.9. The minimum atomic E-state index is -3.06. The largest absolute Gasteiger partial charge is 0.289 e. The van der Waals surface area contributed by atoms with Crippen LogP contribution >= 0.6 is 0 Å². The molecule has 1 heterocycles. The molecule has 0 aromatic heterocycles. The van der Waals surface area contributed by atoms with E-state index < -0.39 is 21.7 Å². The highest BCUT2D eigenvalue weighted by Crippen LogP contribution is 2.21. The highest BCUT2D eigenvalue weighted by molar-refractivity contribution is 7.91. The SMILES string of the molecule is O=C(C[C@H]1CCS(=O)(=O)C1)NNC(=O)c1ccccc1C(=O)c1ccccc1. The van der Waals surface area contributed by atoms with Crippen molar-refractivity contribution < 1.29 is 22.8 Å². The van der Waals surface area contributed by atoms with Crippen molar-refractivity contribution in [1.29, 1.82) is 0 Å². The van der Waals surface area contributed by atoms with E-state index in [1.807, 2.05) is 0 Å². The molecule has 146 valence electrons. The highest BCUT2D eigenvalue weighted by Gasteiger charge is 2.29. The number of rotatable bonds is 5. The molecule has 2 N–H and O–H groups in total. The number of carbonyl (C=O) groups is 3. The van der Waals surface area contributed by atoms with Crippen LogP contribution in [0.1, 0.15) is 39.1 Å². The van der Waals surface area contributed by atoms with Gasteiger partial charge in [0.25, 0.3) is 5.91 Å². The van der Waals surface area contributed by atoms with Gasteiger partial charge in [-0.25, -0.2) is 8.42 Å². The van der Waals surface area contributed by atoms with Gasteiger partial charge in [0.1, 0.15) is 0 Å². The normalized spacial score (nSPS) is 17.6. The number of amides is 2. The zero-order chi connectivity index (χ0) is 20.1. The maximum Gasteiger partial charge on any atom is 0.270 e. The van der Waals surface area contributed by atoms with Gasteiger partial charge in [0.2, 0.25) is 5.91 Å². The second kappa shape index (κ2) is 8.35. The first-order valence-electron chi connectivity index (χ1n) is 8.84. The molecule has 1 fully saturated rings. The average molecular weight is 400 g/mol. The molecule has 2 amide bonds. The van der Waals surface area contributed by atoms with Crippen molar-refractivity contribution in [3.63, 3.8) is 0 Å². The molecule has 0 unspecified atom stereocenters. The van der Waals surface area contributed by atoms with Crippen LogP contribution in [0.4, 0.5) is 0 Å². The first-order valence-corrected chi connectivity index (χ1v) is 10.7. The summed E-state index contributed by atoms with van der Waals surface area (Å²) in [4.78, 5) is 37.1. The second-order valence-electron chi connectivity index (χ2n) is 6.72. The van der Waals surface area contributed by atoms with Gasteiger partial charge >= 0.3 is 0 Å². The van der Waals surface area contributed by atoms with Crippen LogP contribution in [0.2, 0.25) is 0 Å². The quantitative estimate of drug-likeness (QED) is 0.584. The fourth-order valence-corrected chi connectivity index (χ4v) is 5.03. The number of benzene rings is 2. The summed E-state index contributed by atoms with van der Waals surface area (Å²) in [5, 5.41) is 0. The number of nitrogens with one attached hydrogen (secondary N) is 2. The number of hydrazine groups is 1. The van der Waals surface area contributed by atoms with Crippen LogP contribution < -0.4 is 10.9 Å². The number of hydrogen-bond acceptors (Lipinski definition) is 5. The Bertz CT molecular complexity index is 1000. The maximum absolute atomic E-state index is 12.7. The van der Waals surface area contributed by atoms with E-state index in [9.17, 15) is 22.8 Å². The fraction of sp³-hybridized carbons (Fsp3) is 0.250. The van der Waals surface area contributed by atoms with E-state index >= 15 is 0 Å². The van der Waals surface area contributed by atoms with Crippen LogP contribution in [0.15, 0.2) is 54.6 Å². The van der Waals surface area contributed by atoms with Gasteiger partial charge in [-0.05, 0) is 18.4 Å². The van der Waals surface area contributed by atoms with Gasteiger partial charge < -0.3 is 0 Å². The molecular weight excluding hydrogens is 380 g/mol. The monoisotopic (exact) mass is 400 g/mol. The summed E-state index contributed by atoms with van der Waals surface area (Å²) >= 11 is 0. The topological polar surface area (TPSA) is 109 Å². The Balaban J connectivity index is 1.63. The Hall–Kier alpha value is -3.00. The molecule has 1 saturated heterocycles. The van der Waals surface area contributed by atoms with Crippen LogP contribution in [-0.2, 0) is 14.6 Å². The molecule has 3 rings (SSSR count). The Kier molecular flexibility index (Phi) is 5.89. The molecule has 0 saturated carbocycles. The molecule has 0 spiro atoms. The van der Waals surface area contributed by atoms with Gasteiger partial charge in [-0.1, -0.05) is 48.5 Å². The Morgan fingerprint density at radius 1 is 0.893 bits per heavy atom. The number of hydrogen-bond donors (Lipinski definition) is 2. The highest BCUT2D eigenvalue weighted by atomic mass is 32.2. The Labute approximate surface area is 163 Å². The first kappa shape index (κ1) is 19.8. The molecule has 0 radical (unpaired) electrons. The summed E-state index contributed by atoms with van der Waals surface area (Å²) in [5.74, 6) is -1.55. The van der Waals surface area contributed by atoms with E-state index in [1.165, 1.54) is 6.07 Å². The molecule has 1 aliphatic rings. The lowest BCUT2D eigenvalue weighted by Gasteiger charge is -2.12. The summed E-state index contributed by atoms with van der Waals surface area (Å²) in [7, 11) is -3.06. The zero-order valence-corrected chi connectivity index (χ0v) is 15.9. The molecule has 1 atom stereocenters. The van der Waals surface area contributed by atoms with Crippen molar-refractivity contribution in [2.45, 2.75) is 12.8 Å². The lowest BCUT2D eigenvalue weighted by atomic mass is 9.98. The molecule has 8 heteroatoms. The Morgan fingerprint density at radius 3 is 2.18 bits per heavy atom. The number of carbonyl (C=O) groups excluding carboxylic acids is 3. The minimum Gasteiger partial charge on any atom is -0.289 e. The van der Waals surface area contributed by atoms with Crippen LogP contribution in [0.5, 0.6) is 0 Å².